The molecule has 0 fully saturated rings. The van der Waals surface area contributed by atoms with Crippen LogP contribution in [-0.4, -0.2) is 0 Å². The number of hydrogen-bond donors (Lipinski definition) is 0. The molecule has 0 N–H and O–H groups in total. The van der Waals surface area contributed by atoms with Crippen molar-refractivity contribution in [2.45, 2.75) is 19.0 Å². The first kappa shape index (κ1) is 8.73. The maximum absolute atomic E-state index is 13.6. The van der Waals surface area contributed by atoms with E-state index in [-0.39, 0.29) is 6.42 Å². The van der Waals surface area contributed by atoms with Gasteiger partial charge in [0.15, 0.2) is 0 Å². The molecule has 0 radical (unpaired) electrons. The summed E-state index contributed by atoms with van der Waals surface area (Å²) in [5.41, 5.74) is -0.956. The van der Waals surface area contributed by atoms with Crippen molar-refractivity contribution in [1.29, 1.82) is 5.26 Å². The quantitative estimate of drug-likeness (QED) is 0.657. The number of nitriles is 1. The summed E-state index contributed by atoms with van der Waals surface area (Å²) in [5.74, 6) is 0. The van der Waals surface area contributed by atoms with Gasteiger partial charge in [-0.3, -0.25) is 0 Å². The van der Waals surface area contributed by atoms with Crippen LogP contribution >= 0.6 is 0 Å². The van der Waals surface area contributed by atoms with Gasteiger partial charge in [-0.1, -0.05) is 30.3 Å². The van der Waals surface area contributed by atoms with Gasteiger partial charge in [-0.15, -0.1) is 0 Å². The standard InChI is InChI=1S/C10H10FN/c1-10(11,7-8-12)9-5-3-2-4-6-9/h2-6H,7H2,1H3. The Balaban J connectivity index is 2.91. The zero-order valence-corrected chi connectivity index (χ0v) is 6.92. The van der Waals surface area contributed by atoms with Gasteiger partial charge in [0.25, 0.3) is 0 Å². The molecule has 1 nitrogen and oxygen atoms in total. The number of nitrogens with zero attached hydrogens (tertiary/aromatic N) is 1. The number of rotatable bonds is 2. The Morgan fingerprint density at radius 2 is 2.00 bits per heavy atom. The summed E-state index contributed by atoms with van der Waals surface area (Å²) in [4.78, 5) is 0. The molecule has 0 heterocycles. The van der Waals surface area contributed by atoms with E-state index in [0.717, 1.165) is 0 Å². The molecule has 2 heteroatoms. The van der Waals surface area contributed by atoms with Crippen molar-refractivity contribution in [3.8, 4) is 6.07 Å². The normalized spacial score (nSPS) is 14.8. The SMILES string of the molecule is CC(F)(CC#N)c1ccccc1. The summed E-state index contributed by atoms with van der Waals surface area (Å²) >= 11 is 0. The van der Waals surface area contributed by atoms with E-state index in [0.29, 0.717) is 5.56 Å². The van der Waals surface area contributed by atoms with E-state index in [1.807, 2.05) is 12.1 Å². The highest BCUT2D eigenvalue weighted by Gasteiger charge is 2.24. The minimum Gasteiger partial charge on any atom is -0.238 e. The van der Waals surface area contributed by atoms with Crippen molar-refractivity contribution in [1.82, 2.24) is 0 Å². The Labute approximate surface area is 71.4 Å². The predicted molar refractivity (Wildman–Crippen MR) is 45.1 cm³/mol. The smallest absolute Gasteiger partial charge is 0.146 e. The van der Waals surface area contributed by atoms with Crippen molar-refractivity contribution in [2.24, 2.45) is 0 Å². The first-order valence-corrected chi connectivity index (χ1v) is 3.78. The summed E-state index contributed by atoms with van der Waals surface area (Å²) in [6.07, 6.45) is -0.100. The fourth-order valence-corrected chi connectivity index (χ4v) is 1.04. The van der Waals surface area contributed by atoms with Gasteiger partial charge in [-0.2, -0.15) is 5.26 Å². The lowest BCUT2D eigenvalue weighted by Gasteiger charge is -2.16. The van der Waals surface area contributed by atoms with Crippen LogP contribution in [0.3, 0.4) is 0 Å². The molecule has 0 saturated carbocycles. The highest BCUT2D eigenvalue weighted by atomic mass is 19.1. The van der Waals surface area contributed by atoms with E-state index in [2.05, 4.69) is 0 Å². The van der Waals surface area contributed by atoms with Crippen molar-refractivity contribution in [3.63, 3.8) is 0 Å². The molecule has 1 atom stereocenters. The van der Waals surface area contributed by atoms with Gasteiger partial charge in [0.2, 0.25) is 0 Å². The largest absolute Gasteiger partial charge is 0.238 e. The van der Waals surface area contributed by atoms with Crippen LogP contribution in [0.4, 0.5) is 4.39 Å². The van der Waals surface area contributed by atoms with E-state index in [9.17, 15) is 4.39 Å². The Kier molecular flexibility index (Phi) is 2.44. The molecule has 12 heavy (non-hydrogen) atoms. The van der Waals surface area contributed by atoms with Crippen LogP contribution in [0.2, 0.25) is 0 Å². The van der Waals surface area contributed by atoms with Gasteiger partial charge in [-0.05, 0) is 12.5 Å². The number of benzene rings is 1. The van der Waals surface area contributed by atoms with Gasteiger partial charge < -0.3 is 0 Å². The molecule has 0 aromatic heterocycles. The van der Waals surface area contributed by atoms with Crippen LogP contribution in [0.15, 0.2) is 30.3 Å². The van der Waals surface area contributed by atoms with Gasteiger partial charge in [-0.25, -0.2) is 4.39 Å². The zero-order valence-electron chi connectivity index (χ0n) is 6.92. The topological polar surface area (TPSA) is 23.8 Å². The molecule has 0 aliphatic carbocycles. The number of halogens is 1. The highest BCUT2D eigenvalue weighted by Crippen LogP contribution is 2.28. The maximum Gasteiger partial charge on any atom is 0.146 e. The first-order valence-electron chi connectivity index (χ1n) is 3.78. The average molecular weight is 163 g/mol. The third-order valence-electron chi connectivity index (χ3n) is 1.79. The van der Waals surface area contributed by atoms with Crippen LogP contribution in [-0.2, 0) is 5.67 Å². The summed E-state index contributed by atoms with van der Waals surface area (Å²) in [7, 11) is 0. The molecule has 0 saturated heterocycles. The first-order chi connectivity index (χ1) is 5.67. The molecule has 0 aliphatic heterocycles. The Hall–Kier alpha value is -1.36. The van der Waals surface area contributed by atoms with Crippen LogP contribution < -0.4 is 0 Å². The molecule has 1 aromatic rings. The van der Waals surface area contributed by atoms with Crippen LogP contribution in [0.5, 0.6) is 0 Å². The molecule has 1 aromatic carbocycles. The average Bonchev–Trinajstić information content (AvgIpc) is 2.06. The minimum absolute atomic E-state index is 0.100. The Bertz CT molecular complexity index is 284. The summed E-state index contributed by atoms with van der Waals surface area (Å²) < 4.78 is 13.6. The molecular weight excluding hydrogens is 153 g/mol. The second-order valence-electron chi connectivity index (χ2n) is 2.90. The third kappa shape index (κ3) is 1.82. The van der Waals surface area contributed by atoms with Crippen molar-refractivity contribution >= 4 is 0 Å². The number of alkyl halides is 1. The minimum atomic E-state index is -1.52. The molecular formula is C10H10FN. The van der Waals surface area contributed by atoms with Crippen molar-refractivity contribution in [3.05, 3.63) is 35.9 Å². The van der Waals surface area contributed by atoms with E-state index in [4.69, 9.17) is 5.26 Å². The van der Waals surface area contributed by atoms with Gasteiger partial charge in [0, 0.05) is 0 Å². The monoisotopic (exact) mass is 163 g/mol. The second-order valence-corrected chi connectivity index (χ2v) is 2.90. The highest BCUT2D eigenvalue weighted by molar-refractivity contribution is 5.22. The predicted octanol–water partition coefficient (Wildman–Crippen LogP) is 2.78. The second kappa shape index (κ2) is 3.36. The summed E-state index contributed by atoms with van der Waals surface area (Å²) in [6.45, 7) is 1.42. The van der Waals surface area contributed by atoms with Gasteiger partial charge in [0.05, 0.1) is 12.5 Å². The lowest BCUT2D eigenvalue weighted by molar-refractivity contribution is 0.199. The number of hydrogen-bond acceptors (Lipinski definition) is 1. The lowest BCUT2D eigenvalue weighted by atomic mass is 9.95. The molecule has 62 valence electrons. The van der Waals surface area contributed by atoms with Crippen LogP contribution in [0.25, 0.3) is 0 Å². The lowest BCUT2D eigenvalue weighted by Crippen LogP contribution is -2.13. The van der Waals surface area contributed by atoms with Crippen LogP contribution in [0, 0.1) is 11.3 Å². The van der Waals surface area contributed by atoms with Crippen molar-refractivity contribution < 1.29 is 4.39 Å². The van der Waals surface area contributed by atoms with Gasteiger partial charge in [0.1, 0.15) is 5.67 Å². The van der Waals surface area contributed by atoms with E-state index in [1.165, 1.54) is 6.92 Å². The van der Waals surface area contributed by atoms with Gasteiger partial charge >= 0.3 is 0 Å². The Morgan fingerprint density at radius 1 is 1.42 bits per heavy atom. The fourth-order valence-electron chi connectivity index (χ4n) is 1.04. The zero-order chi connectivity index (χ0) is 9.03. The van der Waals surface area contributed by atoms with Crippen LogP contribution in [0.1, 0.15) is 18.9 Å². The van der Waals surface area contributed by atoms with Crippen molar-refractivity contribution in [2.75, 3.05) is 0 Å². The Morgan fingerprint density at radius 3 is 2.50 bits per heavy atom. The van der Waals surface area contributed by atoms with E-state index < -0.39 is 5.67 Å². The molecule has 1 rings (SSSR count). The summed E-state index contributed by atoms with van der Waals surface area (Å²) in [5, 5.41) is 8.37. The maximum atomic E-state index is 13.6. The fraction of sp³-hybridized carbons (Fsp3) is 0.300. The molecule has 1 unspecified atom stereocenters. The molecule has 0 spiro atoms. The van der Waals surface area contributed by atoms with E-state index >= 15 is 0 Å². The summed E-state index contributed by atoms with van der Waals surface area (Å²) in [6, 6.07) is 10.6. The third-order valence-corrected chi connectivity index (χ3v) is 1.79. The van der Waals surface area contributed by atoms with E-state index in [1.54, 1.807) is 24.3 Å². The molecule has 0 bridgehead atoms. The molecule has 0 aliphatic rings. The molecule has 0 amide bonds.